The fourth-order valence-corrected chi connectivity index (χ4v) is 1.46. The monoisotopic (exact) mass is 308 g/mol. The molecule has 78 valence electrons. The molecule has 0 spiro atoms. The highest BCUT2D eigenvalue weighted by molar-refractivity contribution is 14.1. The second kappa shape index (κ2) is 5.45. The van der Waals surface area contributed by atoms with Crippen molar-refractivity contribution in [2.24, 2.45) is 0 Å². The van der Waals surface area contributed by atoms with Gasteiger partial charge < -0.3 is 4.74 Å². The number of rotatable bonds is 4. The lowest BCUT2D eigenvalue weighted by Gasteiger charge is -2.06. The number of nitrogens with zero attached hydrogens (tertiary/aromatic N) is 2. The van der Waals surface area contributed by atoms with Crippen LogP contribution in [0.2, 0.25) is 0 Å². The van der Waals surface area contributed by atoms with Crippen molar-refractivity contribution in [2.45, 2.75) is 20.4 Å². The Morgan fingerprint density at radius 2 is 2.36 bits per heavy atom. The summed E-state index contributed by atoms with van der Waals surface area (Å²) in [5, 5.41) is 0. The Balaban J connectivity index is 2.79. The van der Waals surface area contributed by atoms with E-state index >= 15 is 0 Å². The first-order valence-corrected chi connectivity index (χ1v) is 5.54. The highest BCUT2D eigenvalue weighted by Gasteiger charge is 2.04. The summed E-state index contributed by atoms with van der Waals surface area (Å²) < 4.78 is 7.43. The fraction of sp³-hybridized carbons (Fsp3) is 0.556. The maximum absolute atomic E-state index is 11.6. The van der Waals surface area contributed by atoms with E-state index in [0.29, 0.717) is 23.3 Å². The van der Waals surface area contributed by atoms with Gasteiger partial charge in [-0.2, -0.15) is 0 Å². The number of halogens is 1. The molecular weight excluding hydrogens is 295 g/mol. The fourth-order valence-electron chi connectivity index (χ4n) is 1.01. The molecule has 5 heteroatoms. The topological polar surface area (TPSA) is 44.1 Å². The zero-order chi connectivity index (χ0) is 10.6. The summed E-state index contributed by atoms with van der Waals surface area (Å²) in [5.41, 5.74) is 0.793. The SMILES string of the molecule is CCOCCn1cnc(C)c(I)c1=O. The van der Waals surface area contributed by atoms with Crippen molar-refractivity contribution in [3.8, 4) is 0 Å². The van der Waals surface area contributed by atoms with E-state index < -0.39 is 0 Å². The van der Waals surface area contributed by atoms with Gasteiger partial charge in [0.25, 0.3) is 5.56 Å². The van der Waals surface area contributed by atoms with Crippen LogP contribution in [-0.2, 0) is 11.3 Å². The van der Waals surface area contributed by atoms with Gasteiger partial charge in [0, 0.05) is 6.61 Å². The van der Waals surface area contributed by atoms with Gasteiger partial charge in [0.1, 0.15) is 0 Å². The Bertz CT molecular complexity index is 362. The standard InChI is InChI=1S/C9H13IN2O2/c1-3-14-5-4-12-6-11-7(2)8(10)9(12)13/h6H,3-5H2,1-2H3. The van der Waals surface area contributed by atoms with Crippen molar-refractivity contribution in [3.05, 3.63) is 25.9 Å². The van der Waals surface area contributed by atoms with Gasteiger partial charge in [-0.1, -0.05) is 0 Å². The van der Waals surface area contributed by atoms with Crippen molar-refractivity contribution < 1.29 is 4.74 Å². The number of ether oxygens (including phenoxy) is 1. The molecule has 0 N–H and O–H groups in total. The molecule has 0 bridgehead atoms. The first kappa shape index (κ1) is 11.6. The van der Waals surface area contributed by atoms with Crippen LogP contribution in [0.1, 0.15) is 12.6 Å². The molecule has 1 aromatic heterocycles. The summed E-state index contributed by atoms with van der Waals surface area (Å²) in [6.07, 6.45) is 1.57. The summed E-state index contributed by atoms with van der Waals surface area (Å²) in [5.74, 6) is 0. The van der Waals surface area contributed by atoms with Gasteiger partial charge in [0.15, 0.2) is 0 Å². The maximum Gasteiger partial charge on any atom is 0.267 e. The van der Waals surface area contributed by atoms with Crippen LogP contribution in [0.15, 0.2) is 11.1 Å². The molecular formula is C9H13IN2O2. The van der Waals surface area contributed by atoms with E-state index in [1.54, 1.807) is 10.9 Å². The van der Waals surface area contributed by atoms with E-state index in [1.807, 2.05) is 36.4 Å². The number of aromatic nitrogens is 2. The van der Waals surface area contributed by atoms with E-state index in [0.717, 1.165) is 5.69 Å². The molecule has 1 heterocycles. The molecule has 0 aliphatic heterocycles. The van der Waals surface area contributed by atoms with E-state index in [1.165, 1.54) is 0 Å². The van der Waals surface area contributed by atoms with Crippen LogP contribution >= 0.6 is 22.6 Å². The molecule has 0 aliphatic carbocycles. The molecule has 0 aromatic carbocycles. The zero-order valence-corrected chi connectivity index (χ0v) is 10.4. The molecule has 1 rings (SSSR count). The third-order valence-corrected chi connectivity index (χ3v) is 3.08. The quantitative estimate of drug-likeness (QED) is 0.620. The number of aryl methyl sites for hydroxylation is 1. The molecule has 0 radical (unpaired) electrons. The minimum absolute atomic E-state index is 0.0119. The van der Waals surface area contributed by atoms with Crippen molar-refractivity contribution in [1.29, 1.82) is 0 Å². The van der Waals surface area contributed by atoms with Crippen LogP contribution in [0.25, 0.3) is 0 Å². The number of hydrogen-bond acceptors (Lipinski definition) is 3. The third kappa shape index (κ3) is 2.78. The van der Waals surface area contributed by atoms with Crippen LogP contribution < -0.4 is 5.56 Å². The average Bonchev–Trinajstić information content (AvgIpc) is 2.18. The maximum atomic E-state index is 11.6. The zero-order valence-electron chi connectivity index (χ0n) is 8.29. The second-order valence-electron chi connectivity index (χ2n) is 2.84. The third-order valence-electron chi connectivity index (χ3n) is 1.84. The Morgan fingerprint density at radius 3 is 3.00 bits per heavy atom. The molecule has 0 amide bonds. The molecule has 0 saturated heterocycles. The van der Waals surface area contributed by atoms with Crippen LogP contribution in [0, 0.1) is 10.5 Å². The van der Waals surface area contributed by atoms with E-state index in [-0.39, 0.29) is 5.56 Å². The molecule has 14 heavy (non-hydrogen) atoms. The average molecular weight is 308 g/mol. The van der Waals surface area contributed by atoms with Crippen LogP contribution in [0.4, 0.5) is 0 Å². The van der Waals surface area contributed by atoms with Gasteiger partial charge in [-0.3, -0.25) is 9.36 Å². The Kier molecular flexibility index (Phi) is 4.53. The predicted molar refractivity (Wildman–Crippen MR) is 62.4 cm³/mol. The lowest BCUT2D eigenvalue weighted by molar-refractivity contribution is 0.138. The first-order chi connectivity index (χ1) is 6.66. The van der Waals surface area contributed by atoms with Crippen LogP contribution in [0.5, 0.6) is 0 Å². The van der Waals surface area contributed by atoms with Crippen molar-refractivity contribution in [2.75, 3.05) is 13.2 Å². The lowest BCUT2D eigenvalue weighted by Crippen LogP contribution is -2.25. The van der Waals surface area contributed by atoms with Crippen LogP contribution in [-0.4, -0.2) is 22.8 Å². The van der Waals surface area contributed by atoms with Crippen molar-refractivity contribution in [3.63, 3.8) is 0 Å². The molecule has 0 aliphatic rings. The van der Waals surface area contributed by atoms with Gasteiger partial charge >= 0.3 is 0 Å². The van der Waals surface area contributed by atoms with E-state index in [2.05, 4.69) is 4.98 Å². The van der Waals surface area contributed by atoms with E-state index in [4.69, 9.17) is 4.74 Å². The summed E-state index contributed by atoms with van der Waals surface area (Å²) >= 11 is 2.02. The summed E-state index contributed by atoms with van der Waals surface area (Å²) in [7, 11) is 0. The Morgan fingerprint density at radius 1 is 1.64 bits per heavy atom. The smallest absolute Gasteiger partial charge is 0.267 e. The molecule has 0 atom stereocenters. The molecule has 4 nitrogen and oxygen atoms in total. The van der Waals surface area contributed by atoms with Gasteiger partial charge in [-0.05, 0) is 36.4 Å². The van der Waals surface area contributed by atoms with Gasteiger partial charge in [-0.15, -0.1) is 0 Å². The normalized spacial score (nSPS) is 10.5. The molecule has 0 fully saturated rings. The van der Waals surface area contributed by atoms with Crippen molar-refractivity contribution in [1.82, 2.24) is 9.55 Å². The summed E-state index contributed by atoms with van der Waals surface area (Å²) in [6, 6.07) is 0. The summed E-state index contributed by atoms with van der Waals surface area (Å²) in [4.78, 5) is 15.8. The minimum Gasteiger partial charge on any atom is -0.380 e. The molecule has 1 aromatic rings. The van der Waals surface area contributed by atoms with Gasteiger partial charge in [-0.25, -0.2) is 4.98 Å². The minimum atomic E-state index is 0.0119. The molecule has 0 saturated carbocycles. The lowest BCUT2D eigenvalue weighted by atomic mass is 10.4. The Labute approximate surface area is 96.4 Å². The highest BCUT2D eigenvalue weighted by Crippen LogP contribution is 2.00. The van der Waals surface area contributed by atoms with E-state index in [9.17, 15) is 4.79 Å². The second-order valence-corrected chi connectivity index (χ2v) is 3.92. The van der Waals surface area contributed by atoms with Gasteiger partial charge in [0.2, 0.25) is 0 Å². The summed E-state index contributed by atoms with van der Waals surface area (Å²) in [6.45, 7) is 5.55. The first-order valence-electron chi connectivity index (χ1n) is 4.46. The van der Waals surface area contributed by atoms with Crippen molar-refractivity contribution >= 4 is 22.6 Å². The van der Waals surface area contributed by atoms with Gasteiger partial charge in [0.05, 0.1) is 28.7 Å². The highest BCUT2D eigenvalue weighted by atomic mass is 127. The largest absolute Gasteiger partial charge is 0.380 e. The Hall–Kier alpha value is -0.430. The van der Waals surface area contributed by atoms with Crippen LogP contribution in [0.3, 0.4) is 0 Å². The predicted octanol–water partition coefficient (Wildman–Crippen LogP) is 1.19. The number of hydrogen-bond donors (Lipinski definition) is 0. The molecule has 0 unspecified atom stereocenters.